The molecule has 0 radical (unpaired) electrons. The number of aliphatic hydroxyl groups is 1. The zero-order chi connectivity index (χ0) is 15.3. The standard InChI is InChI=1S/C15H25N3O2/c1-15(2,3)13(7-8-19)18-12-9-10(16)5-6-11(12)14(20)17-4/h5-6,9,13,18-19H,7-8,16H2,1-4H3,(H,17,20). The third-order valence-electron chi connectivity index (χ3n) is 3.31. The van der Waals surface area contributed by atoms with Crippen molar-refractivity contribution >= 4 is 17.3 Å². The van der Waals surface area contributed by atoms with Gasteiger partial charge in [-0.15, -0.1) is 0 Å². The summed E-state index contributed by atoms with van der Waals surface area (Å²) in [6.45, 7) is 6.36. The predicted octanol–water partition coefficient (Wildman–Crippen LogP) is 1.84. The molecule has 0 bridgehead atoms. The maximum atomic E-state index is 11.9. The summed E-state index contributed by atoms with van der Waals surface area (Å²) in [5.41, 5.74) is 7.59. The van der Waals surface area contributed by atoms with Crippen molar-refractivity contribution in [3.63, 3.8) is 0 Å². The second-order valence-electron chi connectivity index (χ2n) is 5.96. The molecular formula is C15H25N3O2. The van der Waals surface area contributed by atoms with Gasteiger partial charge < -0.3 is 21.5 Å². The van der Waals surface area contributed by atoms with Crippen molar-refractivity contribution in [2.45, 2.75) is 33.2 Å². The summed E-state index contributed by atoms with van der Waals surface area (Å²) in [5.74, 6) is -0.163. The Morgan fingerprint density at radius 1 is 1.40 bits per heavy atom. The number of nitrogens with one attached hydrogen (secondary N) is 2. The first-order chi connectivity index (χ1) is 9.29. The molecule has 1 atom stereocenters. The molecule has 112 valence electrons. The lowest BCUT2D eigenvalue weighted by Gasteiger charge is -2.32. The Bertz CT molecular complexity index is 467. The number of hydrogen-bond acceptors (Lipinski definition) is 4. The fourth-order valence-electron chi connectivity index (χ4n) is 2.05. The Balaban J connectivity index is 3.10. The summed E-state index contributed by atoms with van der Waals surface area (Å²) in [6, 6.07) is 5.20. The van der Waals surface area contributed by atoms with Crippen LogP contribution in [0.3, 0.4) is 0 Å². The number of benzene rings is 1. The summed E-state index contributed by atoms with van der Waals surface area (Å²) >= 11 is 0. The summed E-state index contributed by atoms with van der Waals surface area (Å²) in [4.78, 5) is 11.9. The zero-order valence-electron chi connectivity index (χ0n) is 12.7. The minimum Gasteiger partial charge on any atom is -0.399 e. The highest BCUT2D eigenvalue weighted by Gasteiger charge is 2.25. The van der Waals surface area contributed by atoms with Crippen molar-refractivity contribution < 1.29 is 9.90 Å². The molecule has 1 unspecified atom stereocenters. The molecule has 1 rings (SSSR count). The highest BCUT2D eigenvalue weighted by atomic mass is 16.3. The molecular weight excluding hydrogens is 254 g/mol. The fraction of sp³-hybridized carbons (Fsp3) is 0.533. The maximum Gasteiger partial charge on any atom is 0.253 e. The van der Waals surface area contributed by atoms with Gasteiger partial charge in [-0.05, 0) is 30.0 Å². The average Bonchev–Trinajstić information content (AvgIpc) is 2.36. The number of hydrogen-bond donors (Lipinski definition) is 4. The van der Waals surface area contributed by atoms with Gasteiger partial charge in [-0.25, -0.2) is 0 Å². The van der Waals surface area contributed by atoms with E-state index >= 15 is 0 Å². The third kappa shape index (κ3) is 4.13. The number of carbonyl (C=O) groups excluding carboxylic acids is 1. The quantitative estimate of drug-likeness (QED) is 0.619. The minimum absolute atomic E-state index is 0.0395. The number of nitrogens with two attached hydrogens (primary N) is 1. The molecule has 1 aromatic rings. The van der Waals surface area contributed by atoms with Gasteiger partial charge in [0.05, 0.1) is 5.56 Å². The zero-order valence-corrected chi connectivity index (χ0v) is 12.7. The van der Waals surface area contributed by atoms with E-state index < -0.39 is 0 Å². The van der Waals surface area contributed by atoms with Gasteiger partial charge in [-0.3, -0.25) is 4.79 Å². The number of anilines is 2. The van der Waals surface area contributed by atoms with Crippen molar-refractivity contribution in [1.29, 1.82) is 0 Å². The SMILES string of the molecule is CNC(=O)c1ccc(N)cc1NC(CCO)C(C)(C)C. The van der Waals surface area contributed by atoms with Crippen LogP contribution in [0.4, 0.5) is 11.4 Å². The predicted molar refractivity (Wildman–Crippen MR) is 82.8 cm³/mol. The van der Waals surface area contributed by atoms with Gasteiger partial charge in [0.1, 0.15) is 0 Å². The molecule has 0 saturated heterocycles. The van der Waals surface area contributed by atoms with Crippen molar-refractivity contribution in [3.05, 3.63) is 23.8 Å². The van der Waals surface area contributed by atoms with Gasteiger partial charge in [-0.1, -0.05) is 20.8 Å². The number of carbonyl (C=O) groups is 1. The lowest BCUT2D eigenvalue weighted by Crippen LogP contribution is -2.35. The smallest absolute Gasteiger partial charge is 0.253 e. The number of nitrogen functional groups attached to an aromatic ring is 1. The molecule has 0 spiro atoms. The van der Waals surface area contributed by atoms with E-state index in [4.69, 9.17) is 5.73 Å². The van der Waals surface area contributed by atoms with Crippen LogP contribution >= 0.6 is 0 Å². The Kier molecular flexibility index (Phi) is 5.39. The second-order valence-corrected chi connectivity index (χ2v) is 5.96. The van der Waals surface area contributed by atoms with Crippen LogP contribution < -0.4 is 16.4 Å². The lowest BCUT2D eigenvalue weighted by molar-refractivity contribution is 0.0963. The van der Waals surface area contributed by atoms with E-state index in [1.54, 1.807) is 25.2 Å². The first-order valence-corrected chi connectivity index (χ1v) is 6.78. The van der Waals surface area contributed by atoms with Crippen LogP contribution in [-0.4, -0.2) is 30.7 Å². The molecule has 0 aliphatic rings. The maximum absolute atomic E-state index is 11.9. The van der Waals surface area contributed by atoms with Crippen LogP contribution in [-0.2, 0) is 0 Å². The highest BCUT2D eigenvalue weighted by molar-refractivity contribution is 6.00. The van der Waals surface area contributed by atoms with Gasteiger partial charge in [0.15, 0.2) is 0 Å². The van der Waals surface area contributed by atoms with Gasteiger partial charge >= 0.3 is 0 Å². The van der Waals surface area contributed by atoms with E-state index in [9.17, 15) is 9.90 Å². The molecule has 0 aliphatic carbocycles. The third-order valence-corrected chi connectivity index (χ3v) is 3.31. The summed E-state index contributed by atoms with van der Waals surface area (Å²) in [6.07, 6.45) is 0.603. The average molecular weight is 279 g/mol. The molecule has 0 saturated carbocycles. The molecule has 0 aromatic heterocycles. The highest BCUT2D eigenvalue weighted by Crippen LogP contribution is 2.28. The Morgan fingerprint density at radius 3 is 2.55 bits per heavy atom. The monoisotopic (exact) mass is 279 g/mol. The molecule has 20 heavy (non-hydrogen) atoms. The van der Waals surface area contributed by atoms with Crippen molar-refractivity contribution in [3.8, 4) is 0 Å². The minimum atomic E-state index is -0.163. The van der Waals surface area contributed by atoms with E-state index in [1.165, 1.54) is 0 Å². The molecule has 0 aliphatic heterocycles. The van der Waals surface area contributed by atoms with Crippen LogP contribution in [0, 0.1) is 5.41 Å². The molecule has 1 aromatic carbocycles. The number of rotatable bonds is 5. The number of amides is 1. The topological polar surface area (TPSA) is 87.4 Å². The largest absolute Gasteiger partial charge is 0.399 e. The Morgan fingerprint density at radius 2 is 2.05 bits per heavy atom. The lowest BCUT2D eigenvalue weighted by atomic mass is 9.84. The van der Waals surface area contributed by atoms with Crippen molar-refractivity contribution in [2.75, 3.05) is 24.7 Å². The second kappa shape index (κ2) is 6.61. The van der Waals surface area contributed by atoms with E-state index in [1.807, 2.05) is 0 Å². The first kappa shape index (κ1) is 16.3. The van der Waals surface area contributed by atoms with E-state index in [-0.39, 0.29) is 24.0 Å². The Labute approximate surface area is 120 Å². The molecule has 5 heteroatoms. The van der Waals surface area contributed by atoms with Crippen molar-refractivity contribution in [1.82, 2.24) is 5.32 Å². The fourth-order valence-corrected chi connectivity index (χ4v) is 2.05. The van der Waals surface area contributed by atoms with E-state index in [0.29, 0.717) is 23.4 Å². The first-order valence-electron chi connectivity index (χ1n) is 6.78. The molecule has 5 nitrogen and oxygen atoms in total. The van der Waals surface area contributed by atoms with E-state index in [0.717, 1.165) is 0 Å². The normalized spacial score (nSPS) is 12.8. The van der Waals surface area contributed by atoms with Crippen molar-refractivity contribution in [2.24, 2.45) is 5.41 Å². The van der Waals surface area contributed by atoms with Gasteiger partial charge in [-0.2, -0.15) is 0 Å². The molecule has 1 amide bonds. The van der Waals surface area contributed by atoms with E-state index in [2.05, 4.69) is 31.4 Å². The van der Waals surface area contributed by atoms with Crippen LogP contribution in [0.25, 0.3) is 0 Å². The summed E-state index contributed by atoms with van der Waals surface area (Å²) in [7, 11) is 1.59. The molecule has 0 heterocycles. The van der Waals surface area contributed by atoms with Gasteiger partial charge in [0.2, 0.25) is 0 Å². The summed E-state index contributed by atoms with van der Waals surface area (Å²) in [5, 5.41) is 15.2. The molecule has 0 fully saturated rings. The van der Waals surface area contributed by atoms with Crippen LogP contribution in [0.5, 0.6) is 0 Å². The van der Waals surface area contributed by atoms with Gasteiger partial charge in [0.25, 0.3) is 5.91 Å². The number of aliphatic hydroxyl groups excluding tert-OH is 1. The summed E-state index contributed by atoms with van der Waals surface area (Å²) < 4.78 is 0. The Hall–Kier alpha value is -1.75. The molecule has 5 N–H and O–H groups in total. The van der Waals surface area contributed by atoms with Crippen LogP contribution in [0.2, 0.25) is 0 Å². The van der Waals surface area contributed by atoms with Crippen LogP contribution in [0.1, 0.15) is 37.6 Å². The van der Waals surface area contributed by atoms with Crippen LogP contribution in [0.15, 0.2) is 18.2 Å². The van der Waals surface area contributed by atoms with Gasteiger partial charge in [0, 0.05) is 31.1 Å².